The minimum absolute atomic E-state index is 0.0252. The quantitative estimate of drug-likeness (QED) is 0.678. The second-order valence-corrected chi connectivity index (χ2v) is 7.49. The SMILES string of the molecule is CCC(=O)C(c1ccc(OC)cc1)C1CCN(CCc2ccccc2)CC1. The molecule has 144 valence electrons. The number of methoxy groups -OCH3 is 1. The minimum Gasteiger partial charge on any atom is -0.497 e. The molecule has 3 rings (SSSR count). The van der Waals surface area contributed by atoms with Crippen molar-refractivity contribution in [3.05, 3.63) is 65.7 Å². The number of likely N-dealkylation sites (tertiary alicyclic amines) is 1. The summed E-state index contributed by atoms with van der Waals surface area (Å²) in [4.78, 5) is 15.3. The Labute approximate surface area is 163 Å². The van der Waals surface area contributed by atoms with Gasteiger partial charge in [0.05, 0.1) is 7.11 Å². The van der Waals surface area contributed by atoms with Gasteiger partial charge in [0.2, 0.25) is 0 Å². The minimum atomic E-state index is 0.0252. The predicted molar refractivity (Wildman–Crippen MR) is 110 cm³/mol. The van der Waals surface area contributed by atoms with E-state index in [-0.39, 0.29) is 5.92 Å². The van der Waals surface area contributed by atoms with Crippen molar-refractivity contribution in [3.63, 3.8) is 0 Å². The predicted octanol–water partition coefficient (Wildman–Crippen LogP) is 4.71. The molecule has 2 aromatic rings. The van der Waals surface area contributed by atoms with Crippen LogP contribution in [-0.4, -0.2) is 37.4 Å². The van der Waals surface area contributed by atoms with Crippen molar-refractivity contribution >= 4 is 5.78 Å². The summed E-state index contributed by atoms with van der Waals surface area (Å²) in [6.45, 7) is 5.25. The zero-order chi connectivity index (χ0) is 19.1. The Morgan fingerprint density at radius 1 is 1.07 bits per heavy atom. The molecule has 0 aliphatic carbocycles. The molecule has 0 N–H and O–H groups in total. The van der Waals surface area contributed by atoms with E-state index in [1.54, 1.807) is 7.11 Å². The summed E-state index contributed by atoms with van der Waals surface area (Å²) in [5, 5.41) is 0. The molecule has 1 aliphatic heterocycles. The van der Waals surface area contributed by atoms with Crippen LogP contribution in [0, 0.1) is 5.92 Å². The first kappa shape index (κ1) is 19.6. The second-order valence-electron chi connectivity index (χ2n) is 7.49. The fraction of sp³-hybridized carbons (Fsp3) is 0.458. The molecular weight excluding hydrogens is 334 g/mol. The van der Waals surface area contributed by atoms with Crippen LogP contribution in [0.5, 0.6) is 5.75 Å². The van der Waals surface area contributed by atoms with E-state index in [0.29, 0.717) is 18.1 Å². The van der Waals surface area contributed by atoms with E-state index in [2.05, 4.69) is 47.4 Å². The van der Waals surface area contributed by atoms with Crippen LogP contribution in [0.15, 0.2) is 54.6 Å². The maximum absolute atomic E-state index is 12.7. The zero-order valence-corrected chi connectivity index (χ0v) is 16.6. The molecule has 0 radical (unpaired) electrons. The smallest absolute Gasteiger partial charge is 0.140 e. The van der Waals surface area contributed by atoms with Gasteiger partial charge >= 0.3 is 0 Å². The fourth-order valence-electron chi connectivity index (χ4n) is 4.19. The molecule has 1 heterocycles. The van der Waals surface area contributed by atoms with Crippen molar-refractivity contribution in [2.45, 2.75) is 38.5 Å². The first-order chi connectivity index (χ1) is 13.2. The first-order valence-electron chi connectivity index (χ1n) is 10.1. The number of carbonyl (C=O) groups excluding carboxylic acids is 1. The molecule has 1 atom stereocenters. The third kappa shape index (κ3) is 5.20. The number of carbonyl (C=O) groups is 1. The van der Waals surface area contributed by atoms with Gasteiger partial charge in [-0.05, 0) is 61.5 Å². The van der Waals surface area contributed by atoms with Gasteiger partial charge < -0.3 is 9.64 Å². The molecule has 27 heavy (non-hydrogen) atoms. The van der Waals surface area contributed by atoms with Gasteiger partial charge in [0.25, 0.3) is 0 Å². The molecule has 2 aromatic carbocycles. The van der Waals surface area contributed by atoms with E-state index < -0.39 is 0 Å². The Bertz CT molecular complexity index is 703. The number of rotatable bonds is 8. The summed E-state index contributed by atoms with van der Waals surface area (Å²) in [5.41, 5.74) is 2.54. The highest BCUT2D eigenvalue weighted by Gasteiger charge is 2.31. The van der Waals surface area contributed by atoms with Gasteiger partial charge in [-0.3, -0.25) is 4.79 Å². The lowest BCUT2D eigenvalue weighted by atomic mass is 9.77. The maximum atomic E-state index is 12.7. The summed E-state index contributed by atoms with van der Waals surface area (Å²) in [5.74, 6) is 1.68. The molecule has 0 amide bonds. The summed E-state index contributed by atoms with van der Waals surface area (Å²) in [7, 11) is 1.68. The molecule has 0 bridgehead atoms. The number of piperidine rings is 1. The standard InChI is InChI=1S/C24H31NO2/c1-3-23(26)24(20-9-11-22(27-2)12-10-20)21-14-17-25(18-15-21)16-13-19-7-5-4-6-8-19/h4-12,21,24H,3,13-18H2,1-2H3. The lowest BCUT2D eigenvalue weighted by molar-refractivity contribution is -0.121. The molecule has 1 unspecified atom stereocenters. The van der Waals surface area contributed by atoms with Crippen LogP contribution < -0.4 is 4.74 Å². The average Bonchev–Trinajstić information content (AvgIpc) is 2.74. The van der Waals surface area contributed by atoms with E-state index in [4.69, 9.17) is 4.74 Å². The Kier molecular flexibility index (Phi) is 7.05. The lowest BCUT2D eigenvalue weighted by Crippen LogP contribution is -2.38. The summed E-state index contributed by atoms with van der Waals surface area (Å²) in [6.07, 6.45) is 3.89. The van der Waals surface area contributed by atoms with Crippen molar-refractivity contribution in [2.75, 3.05) is 26.7 Å². The van der Waals surface area contributed by atoms with E-state index in [9.17, 15) is 4.79 Å². The van der Waals surface area contributed by atoms with Crippen molar-refractivity contribution in [1.29, 1.82) is 0 Å². The van der Waals surface area contributed by atoms with E-state index in [1.807, 2.05) is 19.1 Å². The first-order valence-corrected chi connectivity index (χ1v) is 10.1. The number of hydrogen-bond donors (Lipinski definition) is 0. The number of ketones is 1. The summed E-state index contributed by atoms with van der Waals surface area (Å²) >= 11 is 0. The van der Waals surface area contributed by atoms with Crippen LogP contribution in [0.1, 0.15) is 43.2 Å². The number of ether oxygens (including phenoxy) is 1. The highest BCUT2D eigenvalue weighted by Crippen LogP contribution is 2.35. The fourth-order valence-corrected chi connectivity index (χ4v) is 4.19. The lowest BCUT2D eigenvalue weighted by Gasteiger charge is -2.35. The van der Waals surface area contributed by atoms with Gasteiger partial charge in [0.1, 0.15) is 11.5 Å². The van der Waals surface area contributed by atoms with Crippen molar-refractivity contribution in [2.24, 2.45) is 5.92 Å². The number of nitrogens with zero attached hydrogens (tertiary/aromatic N) is 1. The second kappa shape index (κ2) is 9.70. The van der Waals surface area contributed by atoms with Gasteiger partial charge in [-0.1, -0.05) is 49.4 Å². The monoisotopic (exact) mass is 365 g/mol. The Hall–Kier alpha value is -2.13. The van der Waals surface area contributed by atoms with Crippen molar-refractivity contribution < 1.29 is 9.53 Å². The molecule has 0 spiro atoms. The molecule has 0 aromatic heterocycles. The van der Waals surface area contributed by atoms with Crippen molar-refractivity contribution in [3.8, 4) is 5.75 Å². The molecule has 1 fully saturated rings. The normalized spacial score (nSPS) is 16.8. The number of benzene rings is 2. The Morgan fingerprint density at radius 2 is 1.74 bits per heavy atom. The van der Waals surface area contributed by atoms with Crippen LogP contribution in [0.2, 0.25) is 0 Å². The van der Waals surface area contributed by atoms with Crippen LogP contribution in [-0.2, 0) is 11.2 Å². The summed E-state index contributed by atoms with van der Waals surface area (Å²) in [6, 6.07) is 18.8. The molecule has 1 saturated heterocycles. The molecule has 3 nitrogen and oxygen atoms in total. The van der Waals surface area contributed by atoms with E-state index in [1.165, 1.54) is 5.56 Å². The van der Waals surface area contributed by atoms with Crippen LogP contribution in [0.25, 0.3) is 0 Å². The molecule has 3 heteroatoms. The highest BCUT2D eigenvalue weighted by molar-refractivity contribution is 5.85. The highest BCUT2D eigenvalue weighted by atomic mass is 16.5. The van der Waals surface area contributed by atoms with Crippen LogP contribution in [0.4, 0.5) is 0 Å². The topological polar surface area (TPSA) is 29.5 Å². The van der Waals surface area contributed by atoms with Crippen LogP contribution in [0.3, 0.4) is 0 Å². The van der Waals surface area contributed by atoms with Gasteiger partial charge in [-0.25, -0.2) is 0 Å². The third-order valence-electron chi connectivity index (χ3n) is 5.83. The van der Waals surface area contributed by atoms with Crippen LogP contribution >= 0.6 is 0 Å². The number of hydrogen-bond acceptors (Lipinski definition) is 3. The van der Waals surface area contributed by atoms with Crippen molar-refractivity contribution in [1.82, 2.24) is 4.90 Å². The third-order valence-corrected chi connectivity index (χ3v) is 5.83. The van der Waals surface area contributed by atoms with E-state index >= 15 is 0 Å². The van der Waals surface area contributed by atoms with Gasteiger partial charge in [-0.2, -0.15) is 0 Å². The zero-order valence-electron chi connectivity index (χ0n) is 16.6. The van der Waals surface area contributed by atoms with E-state index in [0.717, 1.165) is 50.2 Å². The Balaban J connectivity index is 1.59. The molecule has 0 saturated carbocycles. The average molecular weight is 366 g/mol. The largest absolute Gasteiger partial charge is 0.497 e. The molecule has 1 aliphatic rings. The number of Topliss-reactive ketones (excluding diaryl/α,β-unsaturated/α-hetero) is 1. The van der Waals surface area contributed by atoms with Gasteiger partial charge in [-0.15, -0.1) is 0 Å². The molecular formula is C24H31NO2. The van der Waals surface area contributed by atoms with Gasteiger partial charge in [0, 0.05) is 18.9 Å². The Morgan fingerprint density at radius 3 is 2.33 bits per heavy atom. The maximum Gasteiger partial charge on any atom is 0.140 e. The summed E-state index contributed by atoms with van der Waals surface area (Å²) < 4.78 is 5.27. The van der Waals surface area contributed by atoms with Gasteiger partial charge in [0.15, 0.2) is 0 Å².